The molecule has 0 saturated heterocycles. The van der Waals surface area contributed by atoms with Crippen LogP contribution >= 0.6 is 0 Å². The third-order valence-corrected chi connectivity index (χ3v) is 4.45. The molecule has 0 bridgehead atoms. The largest absolute Gasteiger partial charge is 0.494 e. The van der Waals surface area contributed by atoms with Crippen LogP contribution < -0.4 is 15.4 Å². The van der Waals surface area contributed by atoms with Crippen LogP contribution in [-0.2, 0) is 22.7 Å². The van der Waals surface area contributed by atoms with Crippen molar-refractivity contribution in [2.45, 2.75) is 26.3 Å². The van der Waals surface area contributed by atoms with Gasteiger partial charge in [0.05, 0.1) is 6.61 Å². The van der Waals surface area contributed by atoms with Gasteiger partial charge in [-0.15, -0.1) is 0 Å². The van der Waals surface area contributed by atoms with Gasteiger partial charge in [0, 0.05) is 0 Å². The number of hydrogen-bond acceptors (Lipinski definition) is 5. The van der Waals surface area contributed by atoms with E-state index < -0.39 is 18.4 Å². The Kier molecular flexibility index (Phi) is 8.50. The van der Waals surface area contributed by atoms with Crippen molar-refractivity contribution in [3.63, 3.8) is 0 Å². The molecule has 0 aromatic heterocycles. The number of benzene rings is 3. The van der Waals surface area contributed by atoms with Gasteiger partial charge in [-0.3, -0.25) is 10.6 Å². The molecule has 0 atom stereocenters. The first-order chi connectivity index (χ1) is 15.6. The highest BCUT2D eigenvalue weighted by Gasteiger charge is 2.19. The quantitative estimate of drug-likeness (QED) is 0.466. The van der Waals surface area contributed by atoms with Gasteiger partial charge in [0.1, 0.15) is 25.1 Å². The summed E-state index contributed by atoms with van der Waals surface area (Å²) in [5, 5.41) is 5.35. The molecule has 0 unspecified atom stereocenters. The van der Waals surface area contributed by atoms with Gasteiger partial charge in [-0.1, -0.05) is 72.8 Å². The van der Waals surface area contributed by atoms with E-state index in [9.17, 15) is 9.59 Å². The number of carbonyl (C=O) groups is 2. The second-order valence-electron chi connectivity index (χ2n) is 6.85. The van der Waals surface area contributed by atoms with Crippen LogP contribution in [0.2, 0.25) is 0 Å². The van der Waals surface area contributed by atoms with E-state index in [-0.39, 0.29) is 13.2 Å². The van der Waals surface area contributed by atoms with Crippen molar-refractivity contribution in [3.8, 4) is 5.75 Å². The Balaban J connectivity index is 1.65. The zero-order chi connectivity index (χ0) is 22.6. The van der Waals surface area contributed by atoms with Crippen LogP contribution in [0.3, 0.4) is 0 Å². The molecule has 3 aromatic rings. The summed E-state index contributed by atoms with van der Waals surface area (Å²) in [6.07, 6.45) is -2.23. The molecule has 32 heavy (non-hydrogen) atoms. The molecule has 3 rings (SSSR count). The van der Waals surface area contributed by atoms with Crippen LogP contribution in [0.25, 0.3) is 0 Å². The molecule has 0 fully saturated rings. The SMILES string of the molecule is CCOc1cccc(C(NC(=O)OCc2ccccc2)NC(=O)OCc2ccccc2)c1. The standard InChI is InChI=1S/C25H26N2O5/c1-2-30-22-15-9-14-21(16-22)23(26-24(28)31-17-19-10-5-3-6-11-19)27-25(29)32-18-20-12-7-4-8-13-20/h3-16,23H,2,17-18H2,1H3,(H,26,28)(H,27,29). The Labute approximate surface area is 187 Å². The summed E-state index contributed by atoms with van der Waals surface area (Å²) in [6, 6.07) is 25.7. The van der Waals surface area contributed by atoms with Crippen molar-refractivity contribution in [1.29, 1.82) is 0 Å². The van der Waals surface area contributed by atoms with E-state index in [2.05, 4.69) is 10.6 Å². The van der Waals surface area contributed by atoms with Crippen molar-refractivity contribution in [2.24, 2.45) is 0 Å². The van der Waals surface area contributed by atoms with Crippen LogP contribution in [0.4, 0.5) is 9.59 Å². The Morgan fingerprint density at radius 1 is 0.750 bits per heavy atom. The first-order valence-electron chi connectivity index (χ1n) is 10.3. The second-order valence-corrected chi connectivity index (χ2v) is 6.85. The van der Waals surface area contributed by atoms with Crippen molar-refractivity contribution >= 4 is 12.2 Å². The summed E-state index contributed by atoms with van der Waals surface area (Å²) in [7, 11) is 0. The van der Waals surface area contributed by atoms with Gasteiger partial charge in [0.15, 0.2) is 0 Å². The van der Waals surface area contributed by atoms with Crippen LogP contribution in [0, 0.1) is 0 Å². The molecule has 166 valence electrons. The smallest absolute Gasteiger partial charge is 0.409 e. The minimum atomic E-state index is -0.873. The average Bonchev–Trinajstić information content (AvgIpc) is 2.83. The van der Waals surface area contributed by atoms with E-state index in [1.807, 2.05) is 67.6 Å². The topological polar surface area (TPSA) is 85.9 Å². The highest BCUT2D eigenvalue weighted by molar-refractivity contribution is 5.71. The monoisotopic (exact) mass is 434 g/mol. The number of rotatable bonds is 9. The molecule has 0 saturated carbocycles. The summed E-state index contributed by atoms with van der Waals surface area (Å²) < 4.78 is 16.1. The number of ether oxygens (including phenoxy) is 3. The summed E-state index contributed by atoms with van der Waals surface area (Å²) in [5.74, 6) is 0.619. The van der Waals surface area contributed by atoms with Gasteiger partial charge >= 0.3 is 12.2 Å². The number of carbonyl (C=O) groups excluding carboxylic acids is 2. The number of hydrogen-bond donors (Lipinski definition) is 2. The van der Waals surface area contributed by atoms with Crippen LogP contribution in [0.5, 0.6) is 5.75 Å². The minimum absolute atomic E-state index is 0.108. The van der Waals surface area contributed by atoms with Crippen molar-refractivity contribution in [1.82, 2.24) is 10.6 Å². The maximum absolute atomic E-state index is 12.4. The Morgan fingerprint density at radius 2 is 1.28 bits per heavy atom. The van der Waals surface area contributed by atoms with Gasteiger partial charge in [-0.05, 0) is 35.7 Å². The lowest BCUT2D eigenvalue weighted by Gasteiger charge is -2.21. The predicted molar refractivity (Wildman–Crippen MR) is 120 cm³/mol. The molecule has 7 nitrogen and oxygen atoms in total. The first-order valence-corrected chi connectivity index (χ1v) is 10.3. The van der Waals surface area contributed by atoms with E-state index >= 15 is 0 Å². The Bertz CT molecular complexity index is 938. The van der Waals surface area contributed by atoms with Gasteiger partial charge in [-0.25, -0.2) is 9.59 Å². The van der Waals surface area contributed by atoms with Crippen molar-refractivity contribution in [3.05, 3.63) is 102 Å². The minimum Gasteiger partial charge on any atom is -0.494 e. The molecular formula is C25H26N2O5. The highest BCUT2D eigenvalue weighted by atomic mass is 16.6. The molecule has 2 amide bonds. The lowest BCUT2D eigenvalue weighted by molar-refractivity contribution is 0.122. The fraction of sp³-hybridized carbons (Fsp3) is 0.200. The maximum atomic E-state index is 12.4. The lowest BCUT2D eigenvalue weighted by Crippen LogP contribution is -2.41. The van der Waals surface area contributed by atoms with Gasteiger partial charge in [-0.2, -0.15) is 0 Å². The molecular weight excluding hydrogens is 408 g/mol. The predicted octanol–water partition coefficient (Wildman–Crippen LogP) is 4.94. The van der Waals surface area contributed by atoms with E-state index in [1.54, 1.807) is 24.3 Å². The normalized spacial score (nSPS) is 10.3. The summed E-state index contributed by atoms with van der Waals surface area (Å²) in [6.45, 7) is 2.59. The fourth-order valence-electron chi connectivity index (χ4n) is 2.92. The summed E-state index contributed by atoms with van der Waals surface area (Å²) >= 11 is 0. The van der Waals surface area contributed by atoms with E-state index in [0.717, 1.165) is 11.1 Å². The first kappa shape index (κ1) is 22.7. The lowest BCUT2D eigenvalue weighted by atomic mass is 10.1. The maximum Gasteiger partial charge on any atom is 0.409 e. The number of amides is 2. The van der Waals surface area contributed by atoms with E-state index in [4.69, 9.17) is 14.2 Å². The molecule has 0 spiro atoms. The Hall–Kier alpha value is -4.00. The summed E-state index contributed by atoms with van der Waals surface area (Å²) in [4.78, 5) is 24.8. The molecule has 0 aliphatic heterocycles. The average molecular weight is 434 g/mol. The molecule has 0 radical (unpaired) electrons. The molecule has 0 aliphatic carbocycles. The molecule has 0 heterocycles. The van der Waals surface area contributed by atoms with Crippen LogP contribution in [-0.4, -0.2) is 18.8 Å². The molecule has 2 N–H and O–H groups in total. The van der Waals surface area contributed by atoms with Gasteiger partial charge < -0.3 is 14.2 Å². The van der Waals surface area contributed by atoms with Crippen LogP contribution in [0.1, 0.15) is 29.8 Å². The van der Waals surface area contributed by atoms with Gasteiger partial charge in [0.2, 0.25) is 0 Å². The van der Waals surface area contributed by atoms with Crippen molar-refractivity contribution < 1.29 is 23.8 Å². The van der Waals surface area contributed by atoms with Crippen LogP contribution in [0.15, 0.2) is 84.9 Å². The zero-order valence-corrected chi connectivity index (χ0v) is 17.8. The van der Waals surface area contributed by atoms with E-state index in [1.165, 1.54) is 0 Å². The van der Waals surface area contributed by atoms with E-state index in [0.29, 0.717) is 17.9 Å². The third-order valence-electron chi connectivity index (χ3n) is 4.45. The Morgan fingerprint density at radius 3 is 1.78 bits per heavy atom. The molecule has 0 aliphatic rings. The van der Waals surface area contributed by atoms with Gasteiger partial charge in [0.25, 0.3) is 0 Å². The molecule has 3 aromatic carbocycles. The van der Waals surface area contributed by atoms with Crippen molar-refractivity contribution in [2.75, 3.05) is 6.61 Å². The molecule has 7 heteroatoms. The fourth-order valence-corrected chi connectivity index (χ4v) is 2.92. The second kappa shape index (κ2) is 12.0. The number of nitrogens with one attached hydrogen (secondary N) is 2. The summed E-state index contributed by atoms with van der Waals surface area (Å²) in [5.41, 5.74) is 2.32. The highest BCUT2D eigenvalue weighted by Crippen LogP contribution is 2.19. The third kappa shape index (κ3) is 7.36. The zero-order valence-electron chi connectivity index (χ0n) is 17.8. The number of alkyl carbamates (subject to hydrolysis) is 2.